The van der Waals surface area contributed by atoms with E-state index in [1.165, 1.54) is 25.7 Å². The topological polar surface area (TPSA) is 47.9 Å². The second-order valence-electron chi connectivity index (χ2n) is 3.75. The normalized spacial score (nSPS) is 41.4. The smallest absolute Gasteiger partial charge is 0.108 e. The number of hydrogen-bond donors (Lipinski definition) is 2. The maximum atomic E-state index is 8.73. The van der Waals surface area contributed by atoms with Crippen molar-refractivity contribution in [1.29, 1.82) is 5.26 Å². The van der Waals surface area contributed by atoms with Crippen LogP contribution in [-0.2, 0) is 0 Å². The highest BCUT2D eigenvalue weighted by molar-refractivity contribution is 5.02. The second-order valence-corrected chi connectivity index (χ2v) is 3.75. The molecule has 1 saturated heterocycles. The van der Waals surface area contributed by atoms with Gasteiger partial charge in [-0.25, -0.2) is 0 Å². The third-order valence-electron chi connectivity index (χ3n) is 2.92. The van der Waals surface area contributed by atoms with Gasteiger partial charge in [0, 0.05) is 18.6 Å². The molecule has 2 aliphatic rings. The lowest BCUT2D eigenvalue weighted by molar-refractivity contribution is 0.231. The molecular weight excluding hydrogens is 150 g/mol. The molecule has 1 aliphatic heterocycles. The van der Waals surface area contributed by atoms with Gasteiger partial charge in [-0.2, -0.15) is 5.26 Å². The van der Waals surface area contributed by atoms with Crippen LogP contribution in [0.25, 0.3) is 0 Å². The standard InChI is InChI=1S/C9H15N3/c10-5-7-6-11-8-3-1-2-4-9(8)12-7/h7-9,11-12H,1-4,6H2/t7-,8-,9-/m0/s1. The van der Waals surface area contributed by atoms with E-state index in [1.54, 1.807) is 0 Å². The van der Waals surface area contributed by atoms with E-state index in [0.29, 0.717) is 12.1 Å². The van der Waals surface area contributed by atoms with Gasteiger partial charge in [0.1, 0.15) is 6.04 Å². The van der Waals surface area contributed by atoms with Crippen molar-refractivity contribution >= 4 is 0 Å². The second kappa shape index (κ2) is 3.42. The molecule has 1 heterocycles. The zero-order valence-electron chi connectivity index (χ0n) is 7.21. The molecule has 0 aromatic rings. The zero-order chi connectivity index (χ0) is 8.39. The van der Waals surface area contributed by atoms with Crippen molar-refractivity contribution in [3.63, 3.8) is 0 Å². The molecule has 1 aliphatic carbocycles. The molecule has 2 N–H and O–H groups in total. The van der Waals surface area contributed by atoms with E-state index in [-0.39, 0.29) is 6.04 Å². The van der Waals surface area contributed by atoms with Gasteiger partial charge in [0.2, 0.25) is 0 Å². The number of nitrogens with zero attached hydrogens (tertiary/aromatic N) is 1. The number of nitrogens with one attached hydrogen (secondary N) is 2. The van der Waals surface area contributed by atoms with Crippen molar-refractivity contribution in [3.05, 3.63) is 0 Å². The summed E-state index contributed by atoms with van der Waals surface area (Å²) in [7, 11) is 0. The summed E-state index contributed by atoms with van der Waals surface area (Å²) in [6.45, 7) is 0.817. The quantitative estimate of drug-likeness (QED) is 0.545. The van der Waals surface area contributed by atoms with E-state index in [2.05, 4.69) is 16.7 Å². The van der Waals surface area contributed by atoms with Crippen LogP contribution in [-0.4, -0.2) is 24.7 Å². The maximum absolute atomic E-state index is 8.73. The minimum Gasteiger partial charge on any atom is -0.310 e. The Bertz CT molecular complexity index is 196. The lowest BCUT2D eigenvalue weighted by Gasteiger charge is -2.39. The molecule has 2 fully saturated rings. The molecule has 0 unspecified atom stereocenters. The Labute approximate surface area is 73.1 Å². The van der Waals surface area contributed by atoms with Crippen LogP contribution in [0.2, 0.25) is 0 Å². The van der Waals surface area contributed by atoms with Crippen LogP contribution >= 0.6 is 0 Å². The van der Waals surface area contributed by atoms with E-state index in [9.17, 15) is 0 Å². The van der Waals surface area contributed by atoms with Crippen LogP contribution in [0.15, 0.2) is 0 Å². The van der Waals surface area contributed by atoms with Crippen molar-refractivity contribution in [1.82, 2.24) is 10.6 Å². The van der Waals surface area contributed by atoms with E-state index in [4.69, 9.17) is 5.26 Å². The van der Waals surface area contributed by atoms with Crippen molar-refractivity contribution < 1.29 is 0 Å². The molecule has 0 spiro atoms. The first kappa shape index (κ1) is 8.03. The Kier molecular flexibility index (Phi) is 2.29. The molecular formula is C9H15N3. The van der Waals surface area contributed by atoms with Gasteiger partial charge in [-0.15, -0.1) is 0 Å². The number of piperazine rings is 1. The fourth-order valence-electron chi connectivity index (χ4n) is 2.24. The highest BCUT2D eigenvalue weighted by Gasteiger charge is 2.30. The third kappa shape index (κ3) is 1.45. The summed E-state index contributed by atoms with van der Waals surface area (Å²) in [5.41, 5.74) is 0. The molecule has 0 radical (unpaired) electrons. The Morgan fingerprint density at radius 3 is 2.67 bits per heavy atom. The molecule has 1 saturated carbocycles. The molecule has 0 amide bonds. The monoisotopic (exact) mass is 165 g/mol. The molecule has 3 atom stereocenters. The highest BCUT2D eigenvalue weighted by atomic mass is 15.1. The number of nitriles is 1. The Hall–Kier alpha value is -0.590. The van der Waals surface area contributed by atoms with E-state index in [0.717, 1.165) is 6.54 Å². The van der Waals surface area contributed by atoms with Gasteiger partial charge >= 0.3 is 0 Å². The zero-order valence-corrected chi connectivity index (χ0v) is 7.21. The fourth-order valence-corrected chi connectivity index (χ4v) is 2.24. The summed E-state index contributed by atoms with van der Waals surface area (Å²) >= 11 is 0. The van der Waals surface area contributed by atoms with Crippen molar-refractivity contribution in [2.45, 2.75) is 43.8 Å². The average Bonchev–Trinajstić information content (AvgIpc) is 2.17. The minimum atomic E-state index is 0.0318. The Morgan fingerprint density at radius 1 is 1.17 bits per heavy atom. The van der Waals surface area contributed by atoms with E-state index in [1.807, 2.05) is 0 Å². The minimum absolute atomic E-state index is 0.0318. The molecule has 3 nitrogen and oxygen atoms in total. The van der Waals surface area contributed by atoms with E-state index >= 15 is 0 Å². The Balaban J connectivity index is 1.95. The first-order valence-electron chi connectivity index (χ1n) is 4.79. The van der Waals surface area contributed by atoms with Gasteiger partial charge in [0.25, 0.3) is 0 Å². The summed E-state index contributed by atoms with van der Waals surface area (Å²) in [6.07, 6.45) is 5.16. The van der Waals surface area contributed by atoms with Crippen LogP contribution in [0.1, 0.15) is 25.7 Å². The van der Waals surface area contributed by atoms with Crippen LogP contribution < -0.4 is 10.6 Å². The SMILES string of the molecule is N#C[C@H]1CN[C@H]2CCCC[C@@H]2N1. The van der Waals surface area contributed by atoms with Gasteiger partial charge in [-0.1, -0.05) is 12.8 Å². The lowest BCUT2D eigenvalue weighted by atomic mass is 9.88. The first-order valence-corrected chi connectivity index (χ1v) is 4.79. The third-order valence-corrected chi connectivity index (χ3v) is 2.92. The molecule has 0 aromatic heterocycles. The summed E-state index contributed by atoms with van der Waals surface area (Å²) in [5.74, 6) is 0. The van der Waals surface area contributed by atoms with Crippen molar-refractivity contribution in [2.24, 2.45) is 0 Å². The molecule has 12 heavy (non-hydrogen) atoms. The summed E-state index contributed by atoms with van der Waals surface area (Å²) < 4.78 is 0. The predicted octanol–water partition coefficient (Wildman–Crippen LogP) is 0.383. The average molecular weight is 165 g/mol. The van der Waals surface area contributed by atoms with Crippen LogP contribution in [0.3, 0.4) is 0 Å². The summed E-state index contributed by atoms with van der Waals surface area (Å²) in [5, 5.41) is 15.5. The largest absolute Gasteiger partial charge is 0.310 e. The first-order chi connectivity index (χ1) is 5.90. The highest BCUT2D eigenvalue weighted by Crippen LogP contribution is 2.20. The van der Waals surface area contributed by atoms with Crippen LogP contribution in [0.4, 0.5) is 0 Å². The molecule has 0 bridgehead atoms. The molecule has 66 valence electrons. The van der Waals surface area contributed by atoms with Gasteiger partial charge in [-0.05, 0) is 12.8 Å². The molecule has 0 aromatic carbocycles. The number of rotatable bonds is 0. The van der Waals surface area contributed by atoms with Gasteiger partial charge < -0.3 is 5.32 Å². The number of fused-ring (bicyclic) bond motifs is 1. The lowest BCUT2D eigenvalue weighted by Crippen LogP contribution is -2.61. The molecule has 3 heteroatoms. The van der Waals surface area contributed by atoms with Crippen molar-refractivity contribution in [2.75, 3.05) is 6.54 Å². The van der Waals surface area contributed by atoms with Crippen molar-refractivity contribution in [3.8, 4) is 6.07 Å². The van der Waals surface area contributed by atoms with Gasteiger partial charge in [0.05, 0.1) is 6.07 Å². The van der Waals surface area contributed by atoms with Gasteiger partial charge in [0.15, 0.2) is 0 Å². The Morgan fingerprint density at radius 2 is 1.92 bits per heavy atom. The maximum Gasteiger partial charge on any atom is 0.108 e. The fraction of sp³-hybridized carbons (Fsp3) is 0.889. The predicted molar refractivity (Wildman–Crippen MR) is 46.6 cm³/mol. The molecule has 2 rings (SSSR count). The van der Waals surface area contributed by atoms with Gasteiger partial charge in [-0.3, -0.25) is 5.32 Å². The summed E-state index contributed by atoms with van der Waals surface area (Å²) in [4.78, 5) is 0. The van der Waals surface area contributed by atoms with Crippen LogP contribution in [0, 0.1) is 11.3 Å². The number of hydrogen-bond acceptors (Lipinski definition) is 3. The van der Waals surface area contributed by atoms with Crippen LogP contribution in [0.5, 0.6) is 0 Å². The van der Waals surface area contributed by atoms with E-state index < -0.39 is 0 Å². The summed E-state index contributed by atoms with van der Waals surface area (Å²) in [6, 6.07) is 3.48.